The highest BCUT2D eigenvalue weighted by molar-refractivity contribution is 8.00. The number of carbonyl (C=O) groups is 1. The molecule has 4 nitrogen and oxygen atoms in total. The maximum atomic E-state index is 11.6. The molecule has 0 aliphatic rings. The van der Waals surface area contributed by atoms with Crippen molar-refractivity contribution in [1.29, 1.82) is 0 Å². The van der Waals surface area contributed by atoms with Gasteiger partial charge in [-0.2, -0.15) is 0 Å². The topological polar surface area (TPSA) is 50.4 Å². The van der Waals surface area contributed by atoms with Gasteiger partial charge in [-0.1, -0.05) is 25.5 Å². The predicted molar refractivity (Wildman–Crippen MR) is 88.7 cm³/mol. The maximum absolute atomic E-state index is 11.6. The second kappa shape index (κ2) is 11.6. The lowest BCUT2D eigenvalue weighted by Crippen LogP contribution is -2.25. The third kappa shape index (κ3) is 8.75. The van der Waals surface area contributed by atoms with Gasteiger partial charge in [0, 0.05) is 31.6 Å². The zero-order valence-electron chi connectivity index (χ0n) is 13.0. The van der Waals surface area contributed by atoms with Gasteiger partial charge >= 0.3 is 0 Å². The standard InChI is InChI=1S/C16H26N2O2S/c1-3-4-9-18-16(19)13-21-15-7-5-14(6-8-15)12-17-10-11-20-2/h5-8,17H,3-4,9-13H2,1-2H3,(H,18,19). The van der Waals surface area contributed by atoms with E-state index in [0.717, 1.165) is 44.0 Å². The molecular weight excluding hydrogens is 284 g/mol. The van der Waals surface area contributed by atoms with Crippen molar-refractivity contribution in [1.82, 2.24) is 10.6 Å². The molecule has 118 valence electrons. The van der Waals surface area contributed by atoms with Crippen molar-refractivity contribution in [2.75, 3.05) is 32.6 Å². The summed E-state index contributed by atoms with van der Waals surface area (Å²) in [6.45, 7) is 5.31. The van der Waals surface area contributed by atoms with Gasteiger partial charge in [0.15, 0.2) is 0 Å². The second-order valence-corrected chi connectivity index (χ2v) is 5.85. The first-order chi connectivity index (χ1) is 10.3. The summed E-state index contributed by atoms with van der Waals surface area (Å²) in [6.07, 6.45) is 2.15. The molecule has 0 spiro atoms. The van der Waals surface area contributed by atoms with Gasteiger partial charge in [0.2, 0.25) is 5.91 Å². The number of amides is 1. The van der Waals surface area contributed by atoms with Gasteiger partial charge in [-0.25, -0.2) is 0 Å². The Morgan fingerprint density at radius 3 is 2.67 bits per heavy atom. The van der Waals surface area contributed by atoms with Crippen molar-refractivity contribution in [2.45, 2.75) is 31.2 Å². The summed E-state index contributed by atoms with van der Waals surface area (Å²) in [5.41, 5.74) is 1.24. The molecule has 0 unspecified atom stereocenters. The van der Waals surface area contributed by atoms with E-state index in [1.54, 1.807) is 18.9 Å². The van der Waals surface area contributed by atoms with Crippen LogP contribution in [0.1, 0.15) is 25.3 Å². The smallest absolute Gasteiger partial charge is 0.230 e. The lowest BCUT2D eigenvalue weighted by molar-refractivity contribution is -0.118. The Kier molecular flexibility index (Phi) is 9.95. The van der Waals surface area contributed by atoms with Crippen molar-refractivity contribution >= 4 is 17.7 Å². The third-order valence-corrected chi connectivity index (χ3v) is 3.97. The van der Waals surface area contributed by atoms with Crippen molar-refractivity contribution < 1.29 is 9.53 Å². The molecule has 0 saturated carbocycles. The Balaban J connectivity index is 2.22. The van der Waals surface area contributed by atoms with E-state index in [1.807, 2.05) is 0 Å². The first kappa shape index (κ1) is 18.0. The number of rotatable bonds is 11. The highest BCUT2D eigenvalue weighted by atomic mass is 32.2. The average molecular weight is 310 g/mol. The van der Waals surface area contributed by atoms with E-state index in [1.165, 1.54) is 5.56 Å². The van der Waals surface area contributed by atoms with Gasteiger partial charge in [0.25, 0.3) is 0 Å². The Bertz CT molecular complexity index is 396. The number of unbranched alkanes of at least 4 members (excludes halogenated alkanes) is 1. The van der Waals surface area contributed by atoms with Crippen LogP contribution in [0, 0.1) is 0 Å². The molecule has 0 fully saturated rings. The summed E-state index contributed by atoms with van der Waals surface area (Å²) < 4.78 is 4.98. The van der Waals surface area contributed by atoms with E-state index in [4.69, 9.17) is 4.74 Å². The molecule has 0 heterocycles. The largest absolute Gasteiger partial charge is 0.383 e. The molecule has 0 bridgehead atoms. The molecule has 1 aromatic carbocycles. The molecule has 2 N–H and O–H groups in total. The number of hydrogen-bond donors (Lipinski definition) is 2. The lowest BCUT2D eigenvalue weighted by Gasteiger charge is -2.06. The number of thioether (sulfide) groups is 1. The van der Waals surface area contributed by atoms with Crippen LogP contribution in [0.4, 0.5) is 0 Å². The fraction of sp³-hybridized carbons (Fsp3) is 0.562. The van der Waals surface area contributed by atoms with Gasteiger partial charge < -0.3 is 15.4 Å². The Morgan fingerprint density at radius 2 is 2.00 bits per heavy atom. The summed E-state index contributed by atoms with van der Waals surface area (Å²) in [5, 5.41) is 6.23. The number of hydrogen-bond acceptors (Lipinski definition) is 4. The molecule has 0 aromatic heterocycles. The predicted octanol–water partition coefficient (Wildman–Crippen LogP) is 2.43. The number of benzene rings is 1. The molecule has 1 rings (SSSR count). The van der Waals surface area contributed by atoms with Gasteiger partial charge in [-0.15, -0.1) is 11.8 Å². The Labute approximate surface area is 132 Å². The minimum absolute atomic E-state index is 0.110. The van der Waals surface area contributed by atoms with Crippen LogP contribution in [0.3, 0.4) is 0 Å². The molecule has 1 amide bonds. The highest BCUT2D eigenvalue weighted by Crippen LogP contribution is 2.18. The van der Waals surface area contributed by atoms with Crippen LogP contribution in [-0.4, -0.2) is 38.5 Å². The minimum Gasteiger partial charge on any atom is -0.383 e. The molecule has 0 atom stereocenters. The molecule has 5 heteroatoms. The first-order valence-electron chi connectivity index (χ1n) is 7.44. The Hall–Kier alpha value is -1.04. The Morgan fingerprint density at radius 1 is 1.24 bits per heavy atom. The van der Waals surface area contributed by atoms with E-state index < -0.39 is 0 Å². The van der Waals surface area contributed by atoms with Gasteiger partial charge in [0.1, 0.15) is 0 Å². The van der Waals surface area contributed by atoms with Crippen LogP contribution < -0.4 is 10.6 Å². The minimum atomic E-state index is 0.110. The molecule has 0 aliphatic heterocycles. The zero-order valence-corrected chi connectivity index (χ0v) is 13.8. The molecule has 1 aromatic rings. The number of ether oxygens (including phenoxy) is 1. The third-order valence-electron chi connectivity index (χ3n) is 2.96. The van der Waals surface area contributed by atoms with Crippen molar-refractivity contribution in [3.05, 3.63) is 29.8 Å². The van der Waals surface area contributed by atoms with E-state index in [9.17, 15) is 4.79 Å². The molecule has 21 heavy (non-hydrogen) atoms. The van der Waals surface area contributed by atoms with E-state index in [0.29, 0.717) is 5.75 Å². The number of carbonyl (C=O) groups excluding carboxylic acids is 1. The van der Waals surface area contributed by atoms with E-state index in [-0.39, 0.29) is 5.91 Å². The van der Waals surface area contributed by atoms with Gasteiger partial charge in [0.05, 0.1) is 12.4 Å². The number of methoxy groups -OCH3 is 1. The fourth-order valence-electron chi connectivity index (χ4n) is 1.71. The van der Waals surface area contributed by atoms with E-state index >= 15 is 0 Å². The van der Waals surface area contributed by atoms with Crippen LogP contribution in [0.2, 0.25) is 0 Å². The SMILES string of the molecule is CCCCNC(=O)CSc1ccc(CNCCOC)cc1. The van der Waals surface area contributed by atoms with Crippen LogP contribution in [0.25, 0.3) is 0 Å². The first-order valence-corrected chi connectivity index (χ1v) is 8.43. The molecule has 0 aliphatic carbocycles. The zero-order chi connectivity index (χ0) is 15.3. The van der Waals surface area contributed by atoms with Crippen molar-refractivity contribution in [3.8, 4) is 0 Å². The summed E-state index contributed by atoms with van der Waals surface area (Å²) in [5.74, 6) is 0.591. The van der Waals surface area contributed by atoms with Gasteiger partial charge in [-0.05, 0) is 24.1 Å². The number of nitrogens with one attached hydrogen (secondary N) is 2. The summed E-state index contributed by atoms with van der Waals surface area (Å²) in [6, 6.07) is 8.32. The molecule has 0 radical (unpaired) electrons. The summed E-state index contributed by atoms with van der Waals surface area (Å²) in [4.78, 5) is 12.7. The lowest BCUT2D eigenvalue weighted by atomic mass is 10.2. The second-order valence-electron chi connectivity index (χ2n) is 4.81. The quantitative estimate of drug-likeness (QED) is 0.487. The summed E-state index contributed by atoms with van der Waals surface area (Å²) >= 11 is 1.57. The molecular formula is C16H26N2O2S. The summed E-state index contributed by atoms with van der Waals surface area (Å²) in [7, 11) is 1.70. The fourth-order valence-corrected chi connectivity index (χ4v) is 2.44. The van der Waals surface area contributed by atoms with Crippen LogP contribution in [-0.2, 0) is 16.1 Å². The van der Waals surface area contributed by atoms with Crippen molar-refractivity contribution in [2.24, 2.45) is 0 Å². The maximum Gasteiger partial charge on any atom is 0.230 e. The van der Waals surface area contributed by atoms with Crippen molar-refractivity contribution in [3.63, 3.8) is 0 Å². The average Bonchev–Trinajstić information content (AvgIpc) is 2.51. The molecule has 0 saturated heterocycles. The van der Waals surface area contributed by atoms with Crippen LogP contribution in [0.15, 0.2) is 29.2 Å². The van der Waals surface area contributed by atoms with E-state index in [2.05, 4.69) is 41.8 Å². The van der Waals surface area contributed by atoms with Crippen LogP contribution >= 0.6 is 11.8 Å². The van der Waals surface area contributed by atoms with Gasteiger partial charge in [-0.3, -0.25) is 4.79 Å². The highest BCUT2D eigenvalue weighted by Gasteiger charge is 2.02. The van der Waals surface area contributed by atoms with Crippen LogP contribution in [0.5, 0.6) is 0 Å². The monoisotopic (exact) mass is 310 g/mol. The normalized spacial score (nSPS) is 10.6.